The Balaban J connectivity index is 0.000000211. The zero-order chi connectivity index (χ0) is 38.5. The van der Waals surface area contributed by atoms with Gasteiger partial charge in [0.05, 0.1) is 21.2 Å². The van der Waals surface area contributed by atoms with Gasteiger partial charge in [0.1, 0.15) is 13.2 Å². The second kappa shape index (κ2) is 13.9. The van der Waals surface area contributed by atoms with Gasteiger partial charge in [-0.1, -0.05) is 87.3 Å². The summed E-state index contributed by atoms with van der Waals surface area (Å²) in [5.41, 5.74) is 3.79. The summed E-state index contributed by atoms with van der Waals surface area (Å²) < 4.78 is 67.7. The maximum absolute atomic E-state index is 8.70. The average molecular weight is 821 g/mol. The minimum atomic E-state index is -2.48. The van der Waals surface area contributed by atoms with Gasteiger partial charge in [-0.05, 0) is 41.2 Å². The molecule has 4 aromatic heterocycles. The fraction of sp³-hybridized carbons (Fsp3) is 0.225. The summed E-state index contributed by atoms with van der Waals surface area (Å²) in [4.78, 5) is 13.0. The molecule has 5 nitrogen and oxygen atoms in total. The van der Waals surface area contributed by atoms with Crippen LogP contribution in [0.3, 0.4) is 0 Å². The van der Waals surface area contributed by atoms with E-state index in [4.69, 9.17) is 18.4 Å². The van der Waals surface area contributed by atoms with E-state index >= 15 is 0 Å². The number of hydrogen-bond donors (Lipinski definition) is 0. The SMILES string of the molecule is [2H]C([2H])([2H])c1cnc(-c2[c-]ccc3c2oc2ccccc23)cc1C([2H])([2H])C(C)(C)C.[2H]c1nc(-c2cc([Si](C)(C)C)cnc2-c2[c-]cccc2)oc1[2H].[Ir]. The molecule has 0 saturated heterocycles. The molecule has 0 saturated carbocycles. The van der Waals surface area contributed by atoms with Crippen LogP contribution in [0.1, 0.15) is 41.5 Å². The fourth-order valence-electron chi connectivity index (χ4n) is 5.06. The molecule has 0 atom stereocenters. The Kier molecular flexibility index (Phi) is 7.65. The second-order valence-corrected chi connectivity index (χ2v) is 18.1. The maximum atomic E-state index is 8.70. The van der Waals surface area contributed by atoms with Gasteiger partial charge in [0.25, 0.3) is 0 Å². The molecule has 0 amide bonds. The normalized spacial score (nSPS) is 14.4. The molecule has 0 unspecified atom stereocenters. The molecular formula is C40H39IrN3O2Si-2. The number of benzene rings is 3. The second-order valence-electron chi connectivity index (χ2n) is 13.1. The van der Waals surface area contributed by atoms with E-state index in [0.717, 1.165) is 21.9 Å². The van der Waals surface area contributed by atoms with Crippen LogP contribution in [0.5, 0.6) is 0 Å². The Labute approximate surface area is 301 Å². The first kappa shape index (κ1) is 25.9. The number of rotatable bonds is 5. The van der Waals surface area contributed by atoms with Gasteiger partial charge in [-0.15, -0.1) is 54.1 Å². The Morgan fingerprint density at radius 1 is 0.915 bits per heavy atom. The quantitative estimate of drug-likeness (QED) is 0.128. The van der Waals surface area contributed by atoms with Gasteiger partial charge < -0.3 is 18.8 Å². The molecular weight excluding hydrogens is 775 g/mol. The first-order chi connectivity index (χ1) is 24.8. The van der Waals surface area contributed by atoms with E-state index in [1.54, 1.807) is 26.8 Å². The fourth-order valence-corrected chi connectivity index (χ4v) is 6.09. The van der Waals surface area contributed by atoms with Crippen molar-refractivity contribution in [3.05, 3.63) is 121 Å². The van der Waals surface area contributed by atoms with Crippen LogP contribution in [0, 0.1) is 24.4 Å². The van der Waals surface area contributed by atoms with E-state index in [9.17, 15) is 0 Å². The molecule has 0 fully saturated rings. The van der Waals surface area contributed by atoms with Crippen LogP contribution in [-0.2, 0) is 26.5 Å². The van der Waals surface area contributed by atoms with Crippen LogP contribution < -0.4 is 5.19 Å². The Morgan fingerprint density at radius 2 is 1.72 bits per heavy atom. The third kappa shape index (κ3) is 7.70. The van der Waals surface area contributed by atoms with Crippen LogP contribution in [0.4, 0.5) is 0 Å². The summed E-state index contributed by atoms with van der Waals surface area (Å²) in [6.07, 6.45) is 0.868. The number of nitrogens with zero attached hydrogens (tertiary/aromatic N) is 3. The van der Waals surface area contributed by atoms with Gasteiger partial charge in [-0.3, -0.25) is 0 Å². The first-order valence-electron chi connectivity index (χ1n) is 18.5. The molecule has 47 heavy (non-hydrogen) atoms. The van der Waals surface area contributed by atoms with E-state index in [1.165, 1.54) is 17.4 Å². The molecule has 0 N–H and O–H groups in total. The van der Waals surface area contributed by atoms with Gasteiger partial charge in [-0.25, -0.2) is 4.98 Å². The van der Waals surface area contributed by atoms with Gasteiger partial charge in [-0.2, -0.15) is 0 Å². The topological polar surface area (TPSA) is 65.0 Å². The van der Waals surface area contributed by atoms with Crippen molar-refractivity contribution in [1.29, 1.82) is 0 Å². The molecule has 241 valence electrons. The molecule has 7 rings (SSSR count). The Bertz CT molecular complexity index is 2410. The van der Waals surface area contributed by atoms with Gasteiger partial charge in [0.2, 0.25) is 5.89 Å². The van der Waals surface area contributed by atoms with Crippen molar-refractivity contribution in [3.63, 3.8) is 0 Å². The predicted octanol–water partition coefficient (Wildman–Crippen LogP) is 10.1. The smallest absolute Gasteiger partial charge is 0.218 e. The van der Waals surface area contributed by atoms with Crippen molar-refractivity contribution in [1.82, 2.24) is 15.0 Å². The van der Waals surface area contributed by atoms with E-state index in [1.807, 2.05) is 66.9 Å². The number of aromatic nitrogens is 3. The number of pyridine rings is 2. The zero-order valence-electron chi connectivity index (χ0n) is 34.1. The van der Waals surface area contributed by atoms with Crippen LogP contribution >= 0.6 is 0 Å². The van der Waals surface area contributed by atoms with Crippen molar-refractivity contribution in [2.75, 3.05) is 0 Å². The molecule has 0 aliphatic heterocycles. The minimum Gasteiger partial charge on any atom is -0.501 e. The van der Waals surface area contributed by atoms with Crippen LogP contribution in [0.2, 0.25) is 19.6 Å². The molecule has 3 aromatic carbocycles. The zero-order valence-corrected chi connectivity index (χ0v) is 30.5. The number of fused-ring (bicyclic) bond motifs is 3. The molecule has 0 spiro atoms. The first-order valence-corrected chi connectivity index (χ1v) is 18.5. The third-order valence-electron chi connectivity index (χ3n) is 7.31. The van der Waals surface area contributed by atoms with Crippen molar-refractivity contribution < 1.29 is 38.5 Å². The molecule has 1 radical (unpaired) electrons. The molecule has 0 aliphatic carbocycles. The molecule has 0 aliphatic rings. The summed E-state index contributed by atoms with van der Waals surface area (Å²) in [6, 6.07) is 28.8. The number of aryl methyl sites for hydroxylation is 1. The molecule has 0 bridgehead atoms. The van der Waals surface area contributed by atoms with Crippen molar-refractivity contribution >= 4 is 35.2 Å². The summed E-state index contributed by atoms with van der Waals surface area (Å²) in [7, 11) is -1.56. The van der Waals surface area contributed by atoms with Crippen molar-refractivity contribution in [2.24, 2.45) is 5.41 Å². The van der Waals surface area contributed by atoms with Gasteiger partial charge in [0.15, 0.2) is 0 Å². The summed E-state index contributed by atoms with van der Waals surface area (Å²) in [5.74, 6) is 0.264. The predicted molar refractivity (Wildman–Crippen MR) is 191 cm³/mol. The largest absolute Gasteiger partial charge is 0.501 e. The molecule has 7 aromatic rings. The van der Waals surface area contributed by atoms with Crippen molar-refractivity contribution in [3.8, 4) is 34.0 Å². The maximum Gasteiger partial charge on any atom is 0.218 e. The van der Waals surface area contributed by atoms with E-state index in [-0.39, 0.29) is 49.5 Å². The average Bonchev–Trinajstić information content (AvgIpc) is 3.66. The standard InChI is InChI=1S/C23H22NO.C17H17N2OSi.Ir/c1-15-14-24-20(12-16(15)13-23(2,3)4)19-10-7-9-18-17-8-5-6-11-21(17)25-22(18)19;1-21(2,3)14-11-15(17-18-9-10-20-17)16(19-12-14)13-7-5-4-6-8-13;/h5-9,11-12,14H,13H2,1-4H3;4-7,9-12H,1-3H3;/q2*-1;/i1D3,13D2;9D,10D;. The monoisotopic (exact) mass is 821 g/mol. The third-order valence-corrected chi connectivity index (χ3v) is 9.31. The minimum absolute atomic E-state index is 0. The molecule has 7 heteroatoms. The number of hydrogen-bond acceptors (Lipinski definition) is 5. The summed E-state index contributed by atoms with van der Waals surface area (Å²) >= 11 is 0. The number of oxazole rings is 1. The van der Waals surface area contributed by atoms with E-state index in [0.29, 0.717) is 28.1 Å². The van der Waals surface area contributed by atoms with Gasteiger partial charge in [0, 0.05) is 56.0 Å². The van der Waals surface area contributed by atoms with Crippen LogP contribution in [0.25, 0.3) is 55.9 Å². The van der Waals surface area contributed by atoms with Gasteiger partial charge >= 0.3 is 0 Å². The summed E-state index contributed by atoms with van der Waals surface area (Å²) in [5, 5.41) is 3.04. The van der Waals surface area contributed by atoms with E-state index in [2.05, 4.69) is 46.7 Å². The van der Waals surface area contributed by atoms with Crippen LogP contribution in [0.15, 0.2) is 106 Å². The number of para-hydroxylation sites is 1. The Morgan fingerprint density at radius 3 is 2.43 bits per heavy atom. The number of furan rings is 1. The molecule has 4 heterocycles. The van der Waals surface area contributed by atoms with Crippen LogP contribution in [-0.4, -0.2) is 23.0 Å². The van der Waals surface area contributed by atoms with E-state index < -0.39 is 26.7 Å². The summed E-state index contributed by atoms with van der Waals surface area (Å²) in [6.45, 7) is 9.50. The Hall–Kier alpha value is -4.16. The van der Waals surface area contributed by atoms with Crippen molar-refractivity contribution in [2.45, 2.75) is 53.6 Å².